The molecule has 206 valence electrons. The number of furan rings is 1. The highest BCUT2D eigenvalue weighted by Crippen LogP contribution is 2.33. The van der Waals surface area contributed by atoms with Gasteiger partial charge < -0.3 is 19.2 Å². The summed E-state index contributed by atoms with van der Waals surface area (Å²) < 4.78 is 79.4. The van der Waals surface area contributed by atoms with E-state index in [1.807, 2.05) is 0 Å². The summed E-state index contributed by atoms with van der Waals surface area (Å²) in [5.41, 5.74) is -0.0215. The number of alkyl halides is 3. The third kappa shape index (κ3) is 6.00. The van der Waals surface area contributed by atoms with Gasteiger partial charge in [-0.05, 0) is 56.2 Å². The summed E-state index contributed by atoms with van der Waals surface area (Å²) in [6.07, 6.45) is 0.271. The summed E-state index contributed by atoms with van der Waals surface area (Å²) >= 11 is 0. The molecule has 0 bridgehead atoms. The van der Waals surface area contributed by atoms with E-state index in [0.717, 1.165) is 0 Å². The zero-order valence-electron chi connectivity index (χ0n) is 20.6. The molecule has 4 aromatic heterocycles. The number of aromatic nitrogens is 3. The maximum Gasteiger partial charge on any atom is 0.422 e. The molecule has 1 aliphatic rings. The number of rotatable bonds is 7. The Morgan fingerprint density at radius 2 is 1.95 bits per heavy atom. The Bertz CT molecular complexity index is 1600. The molecule has 0 saturated carbocycles. The quantitative estimate of drug-likeness (QED) is 0.350. The molecule has 1 fully saturated rings. The van der Waals surface area contributed by atoms with E-state index in [-0.39, 0.29) is 47.4 Å². The minimum absolute atomic E-state index is 0.0249. The first-order valence-electron chi connectivity index (χ1n) is 11.8. The van der Waals surface area contributed by atoms with Gasteiger partial charge in [-0.2, -0.15) is 13.2 Å². The third-order valence-corrected chi connectivity index (χ3v) is 7.90. The van der Waals surface area contributed by atoms with Gasteiger partial charge in [0.1, 0.15) is 26.9 Å². The molecule has 10 nitrogen and oxygen atoms in total. The Kier molecular flexibility index (Phi) is 6.74. The predicted octanol–water partition coefficient (Wildman–Crippen LogP) is 4.42. The molecule has 1 aliphatic heterocycles. The van der Waals surface area contributed by atoms with E-state index < -0.39 is 34.1 Å². The van der Waals surface area contributed by atoms with Crippen LogP contribution >= 0.6 is 0 Å². The zero-order chi connectivity index (χ0) is 27.8. The molecule has 5 rings (SSSR count). The second-order valence-corrected chi connectivity index (χ2v) is 11.7. The van der Waals surface area contributed by atoms with Gasteiger partial charge in [0.05, 0.1) is 24.0 Å². The number of amides is 1. The number of halogens is 3. The lowest BCUT2D eigenvalue weighted by Crippen LogP contribution is -2.51. The van der Waals surface area contributed by atoms with Crippen LogP contribution in [0.3, 0.4) is 0 Å². The first-order chi connectivity index (χ1) is 18.4. The summed E-state index contributed by atoms with van der Waals surface area (Å²) in [6, 6.07) is 9.09. The Morgan fingerprint density at radius 1 is 1.18 bits per heavy atom. The molecule has 4 aromatic rings. The van der Waals surface area contributed by atoms with Crippen LogP contribution in [0.25, 0.3) is 17.1 Å². The number of ether oxygens (including phenoxy) is 2. The van der Waals surface area contributed by atoms with Crippen LogP contribution in [0, 0.1) is 0 Å². The van der Waals surface area contributed by atoms with Crippen molar-refractivity contribution in [3.05, 3.63) is 60.7 Å². The van der Waals surface area contributed by atoms with E-state index in [1.54, 1.807) is 29.5 Å². The average molecular weight is 565 g/mol. The summed E-state index contributed by atoms with van der Waals surface area (Å²) in [7, 11) is -3.13. The molecule has 39 heavy (non-hydrogen) atoms. The maximum absolute atomic E-state index is 13.4. The average Bonchev–Trinajstić information content (AvgIpc) is 3.53. The number of carbonyl (C=O) groups is 1. The highest BCUT2D eigenvalue weighted by molar-refractivity contribution is 7.91. The Labute approximate surface area is 220 Å². The predicted molar refractivity (Wildman–Crippen MR) is 133 cm³/mol. The van der Waals surface area contributed by atoms with Gasteiger partial charge in [-0.3, -0.25) is 9.20 Å². The van der Waals surface area contributed by atoms with Gasteiger partial charge in [0.2, 0.25) is 0 Å². The van der Waals surface area contributed by atoms with E-state index in [4.69, 9.17) is 13.9 Å². The Hall–Kier alpha value is -4.07. The van der Waals surface area contributed by atoms with Gasteiger partial charge in [0.25, 0.3) is 11.8 Å². The molecular formula is C25H23F3N4O6S. The van der Waals surface area contributed by atoms with Gasteiger partial charge in [0, 0.05) is 11.7 Å². The van der Waals surface area contributed by atoms with Crippen molar-refractivity contribution in [2.45, 2.75) is 31.5 Å². The number of fused-ring (bicyclic) bond motifs is 1. The van der Waals surface area contributed by atoms with Crippen molar-refractivity contribution >= 4 is 21.4 Å². The first-order valence-corrected chi connectivity index (χ1v) is 13.6. The van der Waals surface area contributed by atoms with E-state index in [1.165, 1.54) is 36.9 Å². The standard InChI is InChI=1S/C25H23F3N4O6S/c1-24(8-12-39(34,35)13-9-24)31-22(33)20-21(17-5-3-11-36-17)32-14-16(6-7-19(32)30-20)38-23-18(4-2-10-29-23)37-15-25(26,27)28/h2-7,10-11,14H,8-9,12-13,15H2,1H3,(H,31,33). The Balaban J connectivity index is 1.47. The first kappa shape index (κ1) is 26.5. The van der Waals surface area contributed by atoms with Crippen molar-refractivity contribution in [3.8, 4) is 28.8 Å². The number of imidazole rings is 1. The normalized spacial score (nSPS) is 16.6. The minimum atomic E-state index is -4.54. The second-order valence-electron chi connectivity index (χ2n) is 9.36. The zero-order valence-corrected chi connectivity index (χ0v) is 21.4. The maximum atomic E-state index is 13.4. The molecule has 0 radical (unpaired) electrons. The van der Waals surface area contributed by atoms with E-state index >= 15 is 0 Å². The van der Waals surface area contributed by atoms with Crippen molar-refractivity contribution in [1.82, 2.24) is 19.7 Å². The van der Waals surface area contributed by atoms with E-state index in [9.17, 15) is 26.4 Å². The van der Waals surface area contributed by atoms with Gasteiger partial charge in [0.15, 0.2) is 23.8 Å². The van der Waals surface area contributed by atoms with Crippen molar-refractivity contribution < 1.29 is 40.3 Å². The van der Waals surface area contributed by atoms with Crippen molar-refractivity contribution in [2.24, 2.45) is 0 Å². The fraction of sp³-hybridized carbons (Fsp3) is 0.320. The summed E-state index contributed by atoms with van der Waals surface area (Å²) in [5.74, 6) is -0.436. The number of hydrogen-bond donors (Lipinski definition) is 1. The second kappa shape index (κ2) is 9.91. The van der Waals surface area contributed by atoms with Crippen LogP contribution in [0.5, 0.6) is 17.4 Å². The smallest absolute Gasteiger partial charge is 0.422 e. The lowest BCUT2D eigenvalue weighted by atomic mass is 9.94. The van der Waals surface area contributed by atoms with Gasteiger partial charge in [-0.15, -0.1) is 0 Å². The summed E-state index contributed by atoms with van der Waals surface area (Å²) in [5, 5.41) is 2.93. The van der Waals surface area contributed by atoms with Gasteiger partial charge in [-0.1, -0.05) is 0 Å². The third-order valence-electron chi connectivity index (χ3n) is 6.25. The van der Waals surface area contributed by atoms with Crippen LogP contribution in [-0.2, 0) is 9.84 Å². The van der Waals surface area contributed by atoms with Crippen LogP contribution in [0.4, 0.5) is 13.2 Å². The van der Waals surface area contributed by atoms with Crippen LogP contribution in [0.2, 0.25) is 0 Å². The van der Waals surface area contributed by atoms with Crippen LogP contribution in [-0.4, -0.2) is 58.5 Å². The number of hydrogen-bond acceptors (Lipinski definition) is 8. The molecule has 0 spiro atoms. The fourth-order valence-corrected chi connectivity index (χ4v) is 5.90. The summed E-state index contributed by atoms with van der Waals surface area (Å²) in [4.78, 5) is 21.9. The molecule has 0 aliphatic carbocycles. The van der Waals surface area contributed by atoms with Crippen molar-refractivity contribution in [3.63, 3.8) is 0 Å². The largest absolute Gasteiger partial charge is 0.478 e. The van der Waals surface area contributed by atoms with E-state index in [2.05, 4.69) is 15.3 Å². The SMILES string of the molecule is CC1(NC(=O)c2nc3ccc(Oc4ncccc4OCC(F)(F)F)cn3c2-c2ccco2)CCS(=O)(=O)CC1. The number of sulfone groups is 1. The Morgan fingerprint density at radius 3 is 2.64 bits per heavy atom. The monoisotopic (exact) mass is 564 g/mol. The number of pyridine rings is 2. The molecule has 0 unspecified atom stereocenters. The number of carbonyl (C=O) groups excluding carboxylic acids is 1. The number of nitrogens with zero attached hydrogens (tertiary/aromatic N) is 3. The molecule has 14 heteroatoms. The molecule has 1 saturated heterocycles. The summed E-state index contributed by atoms with van der Waals surface area (Å²) in [6.45, 7) is 0.279. The molecule has 1 N–H and O–H groups in total. The lowest BCUT2D eigenvalue weighted by Gasteiger charge is -2.34. The lowest BCUT2D eigenvalue weighted by molar-refractivity contribution is -0.153. The van der Waals surface area contributed by atoms with E-state index in [0.29, 0.717) is 17.1 Å². The van der Waals surface area contributed by atoms with Crippen molar-refractivity contribution in [2.75, 3.05) is 18.1 Å². The highest BCUT2D eigenvalue weighted by Gasteiger charge is 2.36. The molecular weight excluding hydrogens is 541 g/mol. The highest BCUT2D eigenvalue weighted by atomic mass is 32.2. The molecule has 0 atom stereocenters. The molecule has 1 amide bonds. The fourth-order valence-electron chi connectivity index (χ4n) is 4.17. The molecule has 5 heterocycles. The number of nitrogens with one attached hydrogen (secondary N) is 1. The van der Waals surface area contributed by atoms with Gasteiger partial charge in [-0.25, -0.2) is 18.4 Å². The minimum Gasteiger partial charge on any atom is -0.478 e. The van der Waals surface area contributed by atoms with Crippen LogP contribution in [0.15, 0.2) is 59.5 Å². The molecule has 0 aromatic carbocycles. The van der Waals surface area contributed by atoms with Gasteiger partial charge >= 0.3 is 6.18 Å². The van der Waals surface area contributed by atoms with Crippen LogP contribution in [0.1, 0.15) is 30.3 Å². The topological polar surface area (TPSA) is 125 Å². The van der Waals surface area contributed by atoms with Crippen LogP contribution < -0.4 is 14.8 Å². The van der Waals surface area contributed by atoms with Crippen molar-refractivity contribution in [1.29, 1.82) is 0 Å².